The van der Waals surface area contributed by atoms with Crippen LogP contribution in [-0.4, -0.2) is 66.4 Å². The highest BCUT2D eigenvalue weighted by atomic mass is 16.5. The second-order valence-corrected chi connectivity index (χ2v) is 7.23. The number of hydrogen-bond donors (Lipinski definition) is 0. The van der Waals surface area contributed by atoms with Crippen molar-refractivity contribution in [3.8, 4) is 11.5 Å². The standard InChI is InChI=1S/C21H32N4O3/c1-4-5-6-20-22-21(28-23-20)17(2)25-13-11-24(12-14-25)15-16-27-19-9-7-18(26-3)8-10-19/h7-10,17H,4-6,11-16H2,1-3H3. The molecule has 0 aliphatic carbocycles. The second kappa shape index (κ2) is 10.4. The first-order valence-corrected chi connectivity index (χ1v) is 10.3. The average Bonchev–Trinajstić information content (AvgIpc) is 3.22. The number of methoxy groups -OCH3 is 1. The molecule has 1 aromatic carbocycles. The molecule has 0 radical (unpaired) electrons. The van der Waals surface area contributed by atoms with Crippen LogP contribution in [-0.2, 0) is 6.42 Å². The number of ether oxygens (including phenoxy) is 2. The fourth-order valence-electron chi connectivity index (χ4n) is 3.37. The first-order chi connectivity index (χ1) is 13.7. The lowest BCUT2D eigenvalue weighted by Gasteiger charge is -2.36. The minimum absolute atomic E-state index is 0.167. The van der Waals surface area contributed by atoms with Crippen molar-refractivity contribution in [3.05, 3.63) is 36.0 Å². The van der Waals surface area contributed by atoms with Crippen molar-refractivity contribution in [3.63, 3.8) is 0 Å². The maximum absolute atomic E-state index is 5.84. The predicted molar refractivity (Wildman–Crippen MR) is 108 cm³/mol. The predicted octanol–water partition coefficient (Wildman–Crippen LogP) is 3.18. The van der Waals surface area contributed by atoms with E-state index < -0.39 is 0 Å². The second-order valence-electron chi connectivity index (χ2n) is 7.23. The maximum Gasteiger partial charge on any atom is 0.243 e. The first-order valence-electron chi connectivity index (χ1n) is 10.3. The summed E-state index contributed by atoms with van der Waals surface area (Å²) < 4.78 is 16.5. The molecule has 1 aliphatic heterocycles. The molecular formula is C21H32N4O3. The van der Waals surface area contributed by atoms with Crippen LogP contribution in [0.2, 0.25) is 0 Å². The lowest BCUT2D eigenvalue weighted by atomic mass is 10.2. The van der Waals surface area contributed by atoms with Crippen LogP contribution in [0.3, 0.4) is 0 Å². The van der Waals surface area contributed by atoms with Crippen LogP contribution in [0.25, 0.3) is 0 Å². The Morgan fingerprint density at radius 1 is 1.11 bits per heavy atom. The van der Waals surface area contributed by atoms with Gasteiger partial charge in [-0.15, -0.1) is 0 Å². The van der Waals surface area contributed by atoms with Crippen LogP contribution in [0.1, 0.15) is 44.4 Å². The molecule has 2 aromatic rings. The van der Waals surface area contributed by atoms with E-state index in [4.69, 9.17) is 14.0 Å². The summed E-state index contributed by atoms with van der Waals surface area (Å²) in [6.07, 6.45) is 3.14. The summed E-state index contributed by atoms with van der Waals surface area (Å²) >= 11 is 0. The zero-order valence-electron chi connectivity index (χ0n) is 17.3. The Morgan fingerprint density at radius 3 is 2.50 bits per heavy atom. The van der Waals surface area contributed by atoms with Gasteiger partial charge in [-0.2, -0.15) is 4.98 Å². The zero-order chi connectivity index (χ0) is 19.8. The van der Waals surface area contributed by atoms with E-state index in [0.717, 1.165) is 75.2 Å². The minimum Gasteiger partial charge on any atom is -0.497 e. The van der Waals surface area contributed by atoms with Gasteiger partial charge in [0.2, 0.25) is 5.89 Å². The maximum atomic E-state index is 5.84. The van der Waals surface area contributed by atoms with Gasteiger partial charge in [-0.1, -0.05) is 18.5 Å². The molecule has 0 amide bonds. The summed E-state index contributed by atoms with van der Waals surface area (Å²) in [4.78, 5) is 9.43. The van der Waals surface area contributed by atoms with E-state index in [0.29, 0.717) is 6.61 Å². The van der Waals surface area contributed by atoms with E-state index in [1.807, 2.05) is 24.3 Å². The largest absolute Gasteiger partial charge is 0.497 e. The number of piperazine rings is 1. The van der Waals surface area contributed by atoms with Gasteiger partial charge in [0.05, 0.1) is 13.2 Å². The molecule has 0 saturated carbocycles. The number of unbranched alkanes of at least 4 members (excludes halogenated alkanes) is 1. The Kier molecular flexibility index (Phi) is 7.68. The van der Waals surface area contributed by atoms with Crippen molar-refractivity contribution in [1.82, 2.24) is 19.9 Å². The van der Waals surface area contributed by atoms with Crippen molar-refractivity contribution < 1.29 is 14.0 Å². The molecule has 1 unspecified atom stereocenters. The molecule has 1 atom stereocenters. The third-order valence-corrected chi connectivity index (χ3v) is 5.29. The molecule has 3 rings (SSSR count). The van der Waals surface area contributed by atoms with Gasteiger partial charge in [0.1, 0.15) is 18.1 Å². The van der Waals surface area contributed by atoms with Crippen molar-refractivity contribution in [2.45, 2.75) is 39.2 Å². The topological polar surface area (TPSA) is 63.9 Å². The SMILES string of the molecule is CCCCc1noc(C(C)N2CCN(CCOc3ccc(OC)cc3)CC2)n1. The van der Waals surface area contributed by atoms with E-state index in [-0.39, 0.29) is 6.04 Å². The molecule has 2 heterocycles. The minimum atomic E-state index is 0.167. The van der Waals surface area contributed by atoms with Crippen LogP contribution in [0, 0.1) is 0 Å². The van der Waals surface area contributed by atoms with E-state index >= 15 is 0 Å². The van der Waals surface area contributed by atoms with E-state index in [9.17, 15) is 0 Å². The quantitative estimate of drug-likeness (QED) is 0.619. The van der Waals surface area contributed by atoms with E-state index in [1.165, 1.54) is 0 Å². The van der Waals surface area contributed by atoms with Gasteiger partial charge < -0.3 is 14.0 Å². The van der Waals surface area contributed by atoms with E-state index in [1.54, 1.807) is 7.11 Å². The van der Waals surface area contributed by atoms with Gasteiger partial charge in [0, 0.05) is 39.1 Å². The molecule has 0 spiro atoms. The fourth-order valence-corrected chi connectivity index (χ4v) is 3.37. The van der Waals surface area contributed by atoms with Crippen LogP contribution in [0.4, 0.5) is 0 Å². The lowest BCUT2D eigenvalue weighted by Crippen LogP contribution is -2.48. The molecule has 7 heteroatoms. The molecular weight excluding hydrogens is 356 g/mol. The lowest BCUT2D eigenvalue weighted by molar-refractivity contribution is 0.0800. The van der Waals surface area contributed by atoms with Crippen molar-refractivity contribution >= 4 is 0 Å². The molecule has 154 valence electrons. The van der Waals surface area contributed by atoms with Gasteiger partial charge in [0.15, 0.2) is 5.82 Å². The summed E-state index contributed by atoms with van der Waals surface area (Å²) in [6.45, 7) is 9.97. The van der Waals surface area contributed by atoms with Gasteiger partial charge in [0.25, 0.3) is 0 Å². The molecule has 1 aliphatic rings. The summed E-state index contributed by atoms with van der Waals surface area (Å²) in [7, 11) is 1.67. The highest BCUT2D eigenvalue weighted by molar-refractivity contribution is 5.31. The first kappa shape index (κ1) is 20.6. The monoisotopic (exact) mass is 388 g/mol. The smallest absolute Gasteiger partial charge is 0.243 e. The molecule has 1 fully saturated rings. The number of nitrogens with zero attached hydrogens (tertiary/aromatic N) is 4. The van der Waals surface area contributed by atoms with Gasteiger partial charge in [-0.25, -0.2) is 0 Å². The van der Waals surface area contributed by atoms with Crippen LogP contribution >= 0.6 is 0 Å². The molecule has 0 bridgehead atoms. The van der Waals surface area contributed by atoms with Gasteiger partial charge in [-0.3, -0.25) is 9.80 Å². The van der Waals surface area contributed by atoms with E-state index in [2.05, 4.69) is 33.8 Å². The van der Waals surface area contributed by atoms with Crippen molar-refractivity contribution in [2.24, 2.45) is 0 Å². The molecule has 28 heavy (non-hydrogen) atoms. The summed E-state index contributed by atoms with van der Waals surface area (Å²) in [5, 5.41) is 4.12. The third-order valence-electron chi connectivity index (χ3n) is 5.29. The number of hydrogen-bond acceptors (Lipinski definition) is 7. The zero-order valence-corrected chi connectivity index (χ0v) is 17.3. The fraction of sp³-hybridized carbons (Fsp3) is 0.619. The molecule has 7 nitrogen and oxygen atoms in total. The number of aryl methyl sites for hydroxylation is 1. The number of rotatable bonds is 10. The Labute approximate surface area is 167 Å². The molecule has 0 N–H and O–H groups in total. The normalized spacial score (nSPS) is 16.8. The number of aromatic nitrogens is 2. The van der Waals surface area contributed by atoms with Crippen molar-refractivity contribution in [2.75, 3.05) is 46.4 Å². The Hall–Kier alpha value is -2.12. The summed E-state index contributed by atoms with van der Waals surface area (Å²) in [6, 6.07) is 7.89. The van der Waals surface area contributed by atoms with Crippen molar-refractivity contribution in [1.29, 1.82) is 0 Å². The highest BCUT2D eigenvalue weighted by Crippen LogP contribution is 2.21. The third kappa shape index (κ3) is 5.69. The Bertz CT molecular complexity index is 696. The van der Waals surface area contributed by atoms with Gasteiger partial charge >= 0.3 is 0 Å². The van der Waals surface area contributed by atoms with Crippen LogP contribution in [0.15, 0.2) is 28.8 Å². The average molecular weight is 389 g/mol. The number of benzene rings is 1. The molecule has 1 saturated heterocycles. The van der Waals surface area contributed by atoms with Crippen LogP contribution < -0.4 is 9.47 Å². The highest BCUT2D eigenvalue weighted by Gasteiger charge is 2.25. The Morgan fingerprint density at radius 2 is 1.82 bits per heavy atom. The van der Waals surface area contributed by atoms with Crippen LogP contribution in [0.5, 0.6) is 11.5 Å². The Balaban J connectivity index is 1.38. The summed E-state index contributed by atoms with van der Waals surface area (Å²) in [5.74, 6) is 3.29. The van der Waals surface area contributed by atoms with Gasteiger partial charge in [-0.05, 0) is 37.6 Å². The summed E-state index contributed by atoms with van der Waals surface area (Å²) in [5.41, 5.74) is 0. The molecule has 1 aromatic heterocycles.